The van der Waals surface area contributed by atoms with E-state index in [1.54, 1.807) is 0 Å². The maximum Gasteiger partial charge on any atom is 0.320 e. The van der Waals surface area contributed by atoms with E-state index in [1.165, 1.54) is 6.42 Å². The van der Waals surface area contributed by atoms with Gasteiger partial charge in [0.25, 0.3) is 0 Å². The van der Waals surface area contributed by atoms with Crippen LogP contribution in [0, 0.1) is 5.92 Å². The Morgan fingerprint density at radius 1 is 1.00 bits per heavy atom. The number of hydrogen-bond acceptors (Lipinski definition) is 3. The maximum atomic E-state index is 12.6. The minimum absolute atomic E-state index is 0.271. The highest BCUT2D eigenvalue weighted by atomic mass is 16.5. The molecule has 0 aromatic carbocycles. The summed E-state index contributed by atoms with van der Waals surface area (Å²) in [5.74, 6) is 0.658. The number of morpholine rings is 1. The molecule has 0 saturated carbocycles. The Labute approximate surface area is 121 Å². The second-order valence-electron chi connectivity index (χ2n) is 6.51. The standard InChI is InChI=1S/C15H27N3O2/c1-13-3-2-5-17(11-13)15(19)18-6-4-14(12-18)16-7-9-20-10-8-16/h13-14H,2-12H2,1H3. The zero-order valence-electron chi connectivity index (χ0n) is 12.6. The van der Waals surface area contributed by atoms with E-state index in [4.69, 9.17) is 4.74 Å². The second-order valence-corrected chi connectivity index (χ2v) is 6.51. The van der Waals surface area contributed by atoms with Gasteiger partial charge in [-0.2, -0.15) is 0 Å². The lowest BCUT2D eigenvalue weighted by molar-refractivity contribution is 0.0187. The molecule has 114 valence electrons. The van der Waals surface area contributed by atoms with Crippen molar-refractivity contribution in [2.75, 3.05) is 52.5 Å². The number of amides is 2. The lowest BCUT2D eigenvalue weighted by Gasteiger charge is -2.35. The van der Waals surface area contributed by atoms with E-state index < -0.39 is 0 Å². The Morgan fingerprint density at radius 3 is 2.50 bits per heavy atom. The molecule has 3 aliphatic heterocycles. The van der Waals surface area contributed by atoms with E-state index in [0.717, 1.165) is 65.3 Å². The summed E-state index contributed by atoms with van der Waals surface area (Å²) >= 11 is 0. The van der Waals surface area contributed by atoms with Crippen molar-refractivity contribution in [3.8, 4) is 0 Å². The summed E-state index contributed by atoms with van der Waals surface area (Å²) in [7, 11) is 0. The second kappa shape index (κ2) is 6.31. The van der Waals surface area contributed by atoms with Crippen molar-refractivity contribution in [1.29, 1.82) is 0 Å². The molecule has 2 amide bonds. The van der Waals surface area contributed by atoms with E-state index in [2.05, 4.69) is 21.6 Å². The van der Waals surface area contributed by atoms with Gasteiger partial charge in [-0.25, -0.2) is 4.79 Å². The number of carbonyl (C=O) groups excluding carboxylic acids is 1. The molecule has 3 saturated heterocycles. The van der Waals surface area contributed by atoms with Crippen LogP contribution in [-0.2, 0) is 4.74 Å². The summed E-state index contributed by atoms with van der Waals surface area (Å²) in [4.78, 5) is 19.2. The molecule has 0 aliphatic carbocycles. The van der Waals surface area contributed by atoms with Crippen molar-refractivity contribution in [2.24, 2.45) is 5.92 Å². The summed E-state index contributed by atoms with van der Waals surface area (Å²) < 4.78 is 5.41. The molecule has 0 bridgehead atoms. The molecule has 5 heteroatoms. The first-order valence-electron chi connectivity index (χ1n) is 8.09. The normalized spacial score (nSPS) is 32.6. The Bertz CT molecular complexity index is 344. The molecule has 20 heavy (non-hydrogen) atoms. The van der Waals surface area contributed by atoms with Gasteiger partial charge < -0.3 is 14.5 Å². The van der Waals surface area contributed by atoms with Gasteiger partial charge >= 0.3 is 6.03 Å². The quantitative estimate of drug-likeness (QED) is 0.725. The smallest absolute Gasteiger partial charge is 0.320 e. The van der Waals surface area contributed by atoms with Crippen molar-refractivity contribution in [1.82, 2.24) is 14.7 Å². The number of rotatable bonds is 1. The van der Waals surface area contributed by atoms with Crippen LogP contribution in [0.4, 0.5) is 4.79 Å². The average molecular weight is 281 g/mol. The molecule has 5 nitrogen and oxygen atoms in total. The first-order chi connectivity index (χ1) is 9.74. The molecule has 0 radical (unpaired) electrons. The minimum Gasteiger partial charge on any atom is -0.379 e. The summed E-state index contributed by atoms with van der Waals surface area (Å²) in [5, 5.41) is 0. The van der Waals surface area contributed by atoms with Crippen molar-refractivity contribution in [3.63, 3.8) is 0 Å². The van der Waals surface area contributed by atoms with Gasteiger partial charge in [0.2, 0.25) is 0 Å². The van der Waals surface area contributed by atoms with Crippen molar-refractivity contribution >= 4 is 6.03 Å². The zero-order chi connectivity index (χ0) is 13.9. The van der Waals surface area contributed by atoms with Crippen LogP contribution >= 0.6 is 0 Å². The fourth-order valence-electron chi connectivity index (χ4n) is 3.72. The van der Waals surface area contributed by atoms with E-state index in [1.807, 2.05) is 0 Å². The Balaban J connectivity index is 1.52. The fourth-order valence-corrected chi connectivity index (χ4v) is 3.72. The topological polar surface area (TPSA) is 36.0 Å². The van der Waals surface area contributed by atoms with Gasteiger partial charge in [0.15, 0.2) is 0 Å². The van der Waals surface area contributed by atoms with Crippen LogP contribution in [0.5, 0.6) is 0 Å². The molecule has 0 spiro atoms. The highest BCUT2D eigenvalue weighted by Crippen LogP contribution is 2.21. The molecule has 2 unspecified atom stereocenters. The molecule has 3 fully saturated rings. The van der Waals surface area contributed by atoms with Gasteiger partial charge in [0.05, 0.1) is 13.2 Å². The molecule has 0 aromatic heterocycles. The summed E-state index contributed by atoms with van der Waals surface area (Å²) in [5.41, 5.74) is 0. The van der Waals surface area contributed by atoms with Crippen LogP contribution in [0.2, 0.25) is 0 Å². The van der Waals surface area contributed by atoms with Crippen molar-refractivity contribution < 1.29 is 9.53 Å². The van der Waals surface area contributed by atoms with E-state index >= 15 is 0 Å². The maximum absolute atomic E-state index is 12.6. The molecule has 3 aliphatic rings. The van der Waals surface area contributed by atoms with Gasteiger partial charge in [0, 0.05) is 45.3 Å². The first kappa shape index (κ1) is 14.1. The van der Waals surface area contributed by atoms with Crippen LogP contribution in [0.1, 0.15) is 26.2 Å². The van der Waals surface area contributed by atoms with E-state index in [0.29, 0.717) is 12.0 Å². The summed E-state index contributed by atoms with van der Waals surface area (Å²) in [6, 6.07) is 0.817. The molecule has 3 heterocycles. The van der Waals surface area contributed by atoms with Crippen molar-refractivity contribution in [2.45, 2.75) is 32.2 Å². The highest BCUT2D eigenvalue weighted by molar-refractivity contribution is 5.75. The summed E-state index contributed by atoms with van der Waals surface area (Å²) in [6.07, 6.45) is 3.54. The van der Waals surface area contributed by atoms with Crippen molar-refractivity contribution in [3.05, 3.63) is 0 Å². The fraction of sp³-hybridized carbons (Fsp3) is 0.933. The molecular weight excluding hydrogens is 254 g/mol. The zero-order valence-corrected chi connectivity index (χ0v) is 12.6. The van der Waals surface area contributed by atoms with Crippen LogP contribution in [0.15, 0.2) is 0 Å². The number of nitrogens with zero attached hydrogens (tertiary/aromatic N) is 3. The largest absolute Gasteiger partial charge is 0.379 e. The predicted octanol–water partition coefficient (Wildman–Crippen LogP) is 1.24. The Kier molecular flexibility index (Phi) is 4.46. The van der Waals surface area contributed by atoms with Crippen LogP contribution in [-0.4, -0.2) is 79.3 Å². The first-order valence-corrected chi connectivity index (χ1v) is 8.09. The number of carbonyl (C=O) groups is 1. The third-order valence-corrected chi connectivity index (χ3v) is 4.92. The molecule has 0 N–H and O–H groups in total. The lowest BCUT2D eigenvalue weighted by Crippen LogP contribution is -2.48. The van der Waals surface area contributed by atoms with Gasteiger partial charge in [-0.3, -0.25) is 4.90 Å². The van der Waals surface area contributed by atoms with Gasteiger partial charge in [-0.05, 0) is 25.2 Å². The highest BCUT2D eigenvalue weighted by Gasteiger charge is 2.33. The number of likely N-dealkylation sites (tertiary alicyclic amines) is 2. The van der Waals surface area contributed by atoms with Gasteiger partial charge in [-0.1, -0.05) is 6.92 Å². The van der Waals surface area contributed by atoms with Crippen LogP contribution in [0.25, 0.3) is 0 Å². The van der Waals surface area contributed by atoms with Gasteiger partial charge in [0.1, 0.15) is 0 Å². The molecule has 2 atom stereocenters. The number of urea groups is 1. The van der Waals surface area contributed by atoms with Crippen LogP contribution < -0.4 is 0 Å². The third kappa shape index (κ3) is 3.09. The number of ether oxygens (including phenoxy) is 1. The SMILES string of the molecule is CC1CCCN(C(=O)N2CCC(N3CCOCC3)C2)C1. The van der Waals surface area contributed by atoms with E-state index in [-0.39, 0.29) is 6.03 Å². The number of piperidine rings is 1. The van der Waals surface area contributed by atoms with Crippen LogP contribution in [0.3, 0.4) is 0 Å². The molecule has 0 aromatic rings. The Hall–Kier alpha value is -0.810. The Morgan fingerprint density at radius 2 is 1.75 bits per heavy atom. The predicted molar refractivity (Wildman–Crippen MR) is 77.7 cm³/mol. The minimum atomic E-state index is 0.271. The van der Waals surface area contributed by atoms with Gasteiger partial charge in [-0.15, -0.1) is 0 Å². The molecule has 3 rings (SSSR count). The molecular formula is C15H27N3O2. The average Bonchev–Trinajstić information content (AvgIpc) is 2.97. The number of hydrogen-bond donors (Lipinski definition) is 0. The third-order valence-electron chi connectivity index (χ3n) is 4.92. The lowest BCUT2D eigenvalue weighted by atomic mass is 10.0. The summed E-state index contributed by atoms with van der Waals surface area (Å²) in [6.45, 7) is 9.69. The monoisotopic (exact) mass is 281 g/mol. The van der Waals surface area contributed by atoms with E-state index in [9.17, 15) is 4.79 Å².